The van der Waals surface area contributed by atoms with E-state index in [-0.39, 0.29) is 16.7 Å². The zero-order valence-electron chi connectivity index (χ0n) is 7.54. The second kappa shape index (κ2) is 3.68. The van der Waals surface area contributed by atoms with Gasteiger partial charge in [-0.2, -0.15) is 8.78 Å². The Morgan fingerprint density at radius 2 is 2.07 bits per heavy atom. The van der Waals surface area contributed by atoms with Crippen molar-refractivity contribution in [1.29, 1.82) is 0 Å². The molecule has 0 aliphatic heterocycles. The fourth-order valence-corrected chi connectivity index (χ4v) is 1.37. The molecule has 0 unspecified atom stereocenters. The van der Waals surface area contributed by atoms with Crippen molar-refractivity contribution in [2.45, 2.75) is 6.61 Å². The van der Waals surface area contributed by atoms with Gasteiger partial charge >= 0.3 is 6.61 Å². The molecule has 1 aromatic carbocycles. The van der Waals surface area contributed by atoms with Gasteiger partial charge in [0.25, 0.3) is 0 Å². The van der Waals surface area contributed by atoms with Crippen molar-refractivity contribution in [1.82, 2.24) is 4.98 Å². The van der Waals surface area contributed by atoms with E-state index in [0.29, 0.717) is 5.39 Å². The van der Waals surface area contributed by atoms with Crippen LogP contribution in [-0.4, -0.2) is 11.6 Å². The third kappa shape index (κ3) is 1.81. The van der Waals surface area contributed by atoms with E-state index in [9.17, 15) is 13.6 Å². The van der Waals surface area contributed by atoms with E-state index in [1.54, 1.807) is 6.07 Å². The first-order valence-electron chi connectivity index (χ1n) is 4.24. The number of alkyl halides is 2. The standard InChI is InChI=1S/C10H7F2NO2/c11-10(12)15-8-3-1-2-6-7(14)4-5-13-9(6)8/h1-5,10H,(H,13,14). The van der Waals surface area contributed by atoms with Gasteiger partial charge in [-0.3, -0.25) is 4.79 Å². The summed E-state index contributed by atoms with van der Waals surface area (Å²) in [6.45, 7) is -2.90. The van der Waals surface area contributed by atoms with Crippen LogP contribution in [-0.2, 0) is 0 Å². The number of pyridine rings is 1. The van der Waals surface area contributed by atoms with Crippen molar-refractivity contribution in [2.24, 2.45) is 0 Å². The predicted molar refractivity (Wildman–Crippen MR) is 51.2 cm³/mol. The van der Waals surface area contributed by atoms with Gasteiger partial charge in [0.1, 0.15) is 5.75 Å². The maximum absolute atomic E-state index is 12.0. The number of nitrogens with one attached hydrogen (secondary N) is 1. The van der Waals surface area contributed by atoms with E-state index >= 15 is 0 Å². The number of fused-ring (bicyclic) bond motifs is 1. The zero-order chi connectivity index (χ0) is 10.8. The molecule has 15 heavy (non-hydrogen) atoms. The van der Waals surface area contributed by atoms with Crippen LogP contribution in [0.5, 0.6) is 5.75 Å². The van der Waals surface area contributed by atoms with Gasteiger partial charge in [0, 0.05) is 17.6 Å². The molecule has 0 bridgehead atoms. The van der Waals surface area contributed by atoms with Crippen LogP contribution in [0.1, 0.15) is 0 Å². The summed E-state index contributed by atoms with van der Waals surface area (Å²) in [6.07, 6.45) is 1.39. The minimum absolute atomic E-state index is 0.0276. The molecule has 0 aliphatic carbocycles. The van der Waals surface area contributed by atoms with Gasteiger partial charge in [0.2, 0.25) is 0 Å². The summed E-state index contributed by atoms with van der Waals surface area (Å²) in [5.41, 5.74) is 0.0498. The Bertz CT molecular complexity index is 536. The number of hydrogen-bond acceptors (Lipinski definition) is 2. The number of aromatic nitrogens is 1. The third-order valence-electron chi connectivity index (χ3n) is 1.97. The number of benzene rings is 1. The molecule has 0 spiro atoms. The average molecular weight is 211 g/mol. The van der Waals surface area contributed by atoms with E-state index in [1.165, 1.54) is 24.4 Å². The summed E-state index contributed by atoms with van der Waals surface area (Å²) in [6, 6.07) is 5.75. The van der Waals surface area contributed by atoms with E-state index in [1.807, 2.05) is 0 Å². The zero-order valence-corrected chi connectivity index (χ0v) is 7.54. The monoisotopic (exact) mass is 211 g/mol. The summed E-state index contributed by atoms with van der Waals surface area (Å²) < 4.78 is 28.3. The molecule has 1 heterocycles. The highest BCUT2D eigenvalue weighted by molar-refractivity contribution is 5.83. The molecule has 1 N–H and O–H groups in total. The van der Waals surface area contributed by atoms with E-state index in [2.05, 4.69) is 9.72 Å². The first-order chi connectivity index (χ1) is 7.18. The Balaban J connectivity index is 2.66. The highest BCUT2D eigenvalue weighted by Crippen LogP contribution is 2.22. The van der Waals surface area contributed by atoms with Crippen molar-refractivity contribution < 1.29 is 13.5 Å². The van der Waals surface area contributed by atoms with Crippen molar-refractivity contribution in [3.05, 3.63) is 40.7 Å². The van der Waals surface area contributed by atoms with Crippen molar-refractivity contribution in [3.63, 3.8) is 0 Å². The van der Waals surface area contributed by atoms with E-state index in [4.69, 9.17) is 0 Å². The SMILES string of the molecule is O=c1cc[nH]c2c(OC(F)F)cccc12. The number of ether oxygens (including phenoxy) is 1. The molecule has 2 rings (SSSR count). The van der Waals surface area contributed by atoms with Crippen LogP contribution in [0.15, 0.2) is 35.3 Å². The van der Waals surface area contributed by atoms with Gasteiger partial charge in [0.05, 0.1) is 5.52 Å². The number of hydrogen-bond donors (Lipinski definition) is 1. The average Bonchev–Trinajstić information content (AvgIpc) is 2.19. The highest BCUT2D eigenvalue weighted by atomic mass is 19.3. The molecule has 0 fully saturated rings. The lowest BCUT2D eigenvalue weighted by molar-refractivity contribution is -0.0489. The molecule has 0 saturated heterocycles. The quantitative estimate of drug-likeness (QED) is 0.826. The van der Waals surface area contributed by atoms with Gasteiger partial charge in [-0.15, -0.1) is 0 Å². The molecule has 1 aromatic heterocycles. The Labute approximate surface area is 83.3 Å². The summed E-state index contributed by atoms with van der Waals surface area (Å²) in [7, 11) is 0. The molecule has 0 saturated carbocycles. The number of aromatic amines is 1. The molecular weight excluding hydrogens is 204 g/mol. The summed E-state index contributed by atoms with van der Waals surface area (Å²) in [4.78, 5) is 14.1. The Kier molecular flexibility index (Phi) is 2.37. The number of para-hydroxylation sites is 1. The van der Waals surface area contributed by atoms with Crippen molar-refractivity contribution in [3.8, 4) is 5.75 Å². The number of H-pyrrole nitrogens is 1. The van der Waals surface area contributed by atoms with Gasteiger partial charge in [-0.05, 0) is 12.1 Å². The molecule has 2 aromatic rings. The lowest BCUT2D eigenvalue weighted by Crippen LogP contribution is -2.05. The Morgan fingerprint density at radius 1 is 1.27 bits per heavy atom. The largest absolute Gasteiger partial charge is 0.433 e. The summed E-state index contributed by atoms with van der Waals surface area (Å²) in [5, 5.41) is 0.329. The maximum Gasteiger partial charge on any atom is 0.387 e. The van der Waals surface area contributed by atoms with Gasteiger partial charge in [0.15, 0.2) is 5.43 Å². The van der Waals surface area contributed by atoms with E-state index in [0.717, 1.165) is 0 Å². The first-order valence-corrected chi connectivity index (χ1v) is 4.24. The normalized spacial score (nSPS) is 10.9. The van der Waals surface area contributed by atoms with Gasteiger partial charge in [-0.25, -0.2) is 0 Å². The fourth-order valence-electron chi connectivity index (χ4n) is 1.37. The number of halogens is 2. The molecule has 78 valence electrons. The van der Waals surface area contributed by atoms with Crippen molar-refractivity contribution >= 4 is 10.9 Å². The minimum Gasteiger partial charge on any atom is -0.433 e. The van der Waals surface area contributed by atoms with Crippen molar-refractivity contribution in [2.75, 3.05) is 0 Å². The van der Waals surface area contributed by atoms with Crippen LogP contribution in [0.4, 0.5) is 8.78 Å². The summed E-state index contributed by atoms with van der Waals surface area (Å²) in [5.74, 6) is -0.0276. The molecule has 0 radical (unpaired) electrons. The predicted octanol–water partition coefficient (Wildman–Crippen LogP) is 2.13. The Morgan fingerprint density at radius 3 is 2.80 bits per heavy atom. The fraction of sp³-hybridized carbons (Fsp3) is 0.100. The highest BCUT2D eigenvalue weighted by Gasteiger charge is 2.09. The van der Waals surface area contributed by atoms with Crippen LogP contribution in [0.3, 0.4) is 0 Å². The van der Waals surface area contributed by atoms with Crippen LogP contribution in [0, 0.1) is 0 Å². The lowest BCUT2D eigenvalue weighted by Gasteiger charge is -2.06. The second-order valence-electron chi connectivity index (χ2n) is 2.90. The van der Waals surface area contributed by atoms with Crippen LogP contribution >= 0.6 is 0 Å². The molecule has 0 aliphatic rings. The van der Waals surface area contributed by atoms with Crippen LogP contribution in [0.25, 0.3) is 10.9 Å². The first kappa shape index (κ1) is 9.64. The molecule has 0 atom stereocenters. The number of rotatable bonds is 2. The maximum atomic E-state index is 12.0. The van der Waals surface area contributed by atoms with Crippen LogP contribution in [0.2, 0.25) is 0 Å². The second-order valence-corrected chi connectivity index (χ2v) is 2.90. The third-order valence-corrected chi connectivity index (χ3v) is 1.97. The minimum atomic E-state index is -2.90. The Hall–Kier alpha value is -1.91. The topological polar surface area (TPSA) is 42.1 Å². The van der Waals surface area contributed by atoms with E-state index < -0.39 is 6.61 Å². The van der Waals surface area contributed by atoms with Gasteiger partial charge in [-0.1, -0.05) is 6.07 Å². The molecule has 3 nitrogen and oxygen atoms in total. The molecule has 5 heteroatoms. The molecular formula is C10H7F2NO2. The lowest BCUT2D eigenvalue weighted by atomic mass is 10.2. The molecule has 0 amide bonds. The smallest absolute Gasteiger partial charge is 0.387 e. The van der Waals surface area contributed by atoms with Crippen LogP contribution < -0.4 is 10.2 Å². The van der Waals surface area contributed by atoms with Gasteiger partial charge < -0.3 is 9.72 Å². The summed E-state index contributed by atoms with van der Waals surface area (Å²) >= 11 is 0.